The Morgan fingerprint density at radius 1 is 0.426 bits per heavy atom. The molecule has 6 heteroatoms. The lowest BCUT2D eigenvalue weighted by Gasteiger charge is -2.10. The molecule has 0 saturated heterocycles. The van der Waals surface area contributed by atoms with Crippen molar-refractivity contribution in [1.29, 1.82) is 0 Å². The third-order valence-corrected chi connectivity index (χ3v) is 9.45. The van der Waals surface area contributed by atoms with Gasteiger partial charge < -0.3 is 0 Å². The highest BCUT2D eigenvalue weighted by atomic mass is 32.1. The van der Waals surface area contributed by atoms with Crippen molar-refractivity contribution in [3.05, 3.63) is 152 Å². The first-order valence-electron chi connectivity index (χ1n) is 15.4. The zero-order valence-electron chi connectivity index (χ0n) is 25.1. The molecule has 0 spiro atoms. The van der Waals surface area contributed by atoms with E-state index in [0.29, 0.717) is 17.5 Å². The summed E-state index contributed by atoms with van der Waals surface area (Å²) in [5.74, 6) is 1.93. The van der Waals surface area contributed by atoms with Crippen molar-refractivity contribution < 1.29 is 0 Å². The van der Waals surface area contributed by atoms with Crippen LogP contribution in [0.15, 0.2) is 152 Å². The van der Waals surface area contributed by atoms with E-state index < -0.39 is 0 Å². The number of aromatic nitrogens is 5. The average Bonchev–Trinajstić information content (AvgIpc) is 3.53. The van der Waals surface area contributed by atoms with Gasteiger partial charge in [-0.1, -0.05) is 115 Å². The fourth-order valence-electron chi connectivity index (χ4n) is 6.08. The summed E-state index contributed by atoms with van der Waals surface area (Å²) in [4.78, 5) is 25.6. The standard InChI is InChI=1S/C41H25N5S/c1-3-11-26(12-4-1)38-44-39(27-13-5-2-6-14-27)46-40(45-38)30-18-9-17-29(23-30)32-19-10-20-36-37(32)33-21-22-34(43-41(33)47-36)35-24-28-15-7-8-16-31(28)25-42-35/h1-25H. The summed E-state index contributed by atoms with van der Waals surface area (Å²) < 4.78 is 1.19. The van der Waals surface area contributed by atoms with Crippen LogP contribution in [0.4, 0.5) is 0 Å². The number of pyridine rings is 2. The Kier molecular flexibility index (Phi) is 6.58. The molecule has 0 atom stereocenters. The minimum absolute atomic E-state index is 0.635. The normalized spacial score (nSPS) is 11.4. The molecule has 220 valence electrons. The molecule has 4 aromatic heterocycles. The van der Waals surface area contributed by atoms with Crippen LogP contribution in [0.25, 0.3) is 87.8 Å². The topological polar surface area (TPSA) is 64.5 Å². The number of thiophene rings is 1. The molecule has 0 saturated carbocycles. The second-order valence-corrected chi connectivity index (χ2v) is 12.4. The third-order valence-electron chi connectivity index (χ3n) is 8.39. The number of rotatable bonds is 5. The van der Waals surface area contributed by atoms with Crippen LogP contribution in [0.1, 0.15) is 0 Å². The molecule has 47 heavy (non-hydrogen) atoms. The molecule has 0 N–H and O–H groups in total. The van der Waals surface area contributed by atoms with E-state index in [0.717, 1.165) is 60.2 Å². The van der Waals surface area contributed by atoms with Gasteiger partial charge in [-0.05, 0) is 46.8 Å². The van der Waals surface area contributed by atoms with E-state index in [1.165, 1.54) is 10.1 Å². The van der Waals surface area contributed by atoms with Crippen LogP contribution < -0.4 is 0 Å². The summed E-state index contributed by atoms with van der Waals surface area (Å²) in [6.07, 6.45) is 1.92. The van der Waals surface area contributed by atoms with Crippen LogP contribution in [-0.2, 0) is 0 Å². The van der Waals surface area contributed by atoms with E-state index in [-0.39, 0.29) is 0 Å². The lowest BCUT2D eigenvalue weighted by atomic mass is 9.98. The van der Waals surface area contributed by atoms with Gasteiger partial charge in [0.15, 0.2) is 17.5 Å². The Labute approximate surface area is 275 Å². The predicted octanol–water partition coefficient (Wildman–Crippen LogP) is 10.5. The lowest BCUT2D eigenvalue weighted by Crippen LogP contribution is -2.00. The molecule has 5 aromatic carbocycles. The Balaban J connectivity index is 1.16. The molecule has 0 aliphatic heterocycles. The minimum Gasteiger partial charge on any atom is -0.254 e. The molecular formula is C41H25N5S. The Morgan fingerprint density at radius 3 is 1.79 bits per heavy atom. The molecule has 0 radical (unpaired) electrons. The van der Waals surface area contributed by atoms with Gasteiger partial charge in [0.05, 0.1) is 11.4 Å². The molecule has 5 nitrogen and oxygen atoms in total. The molecule has 9 aromatic rings. The van der Waals surface area contributed by atoms with Gasteiger partial charge in [0, 0.05) is 43.7 Å². The molecule has 0 aliphatic carbocycles. The van der Waals surface area contributed by atoms with Crippen molar-refractivity contribution in [2.75, 3.05) is 0 Å². The maximum Gasteiger partial charge on any atom is 0.164 e. The van der Waals surface area contributed by atoms with E-state index in [1.54, 1.807) is 11.3 Å². The summed E-state index contributed by atoms with van der Waals surface area (Å²) >= 11 is 1.71. The van der Waals surface area contributed by atoms with Crippen LogP contribution >= 0.6 is 11.3 Å². The van der Waals surface area contributed by atoms with Gasteiger partial charge in [-0.2, -0.15) is 0 Å². The number of fused-ring (bicyclic) bond motifs is 4. The van der Waals surface area contributed by atoms with E-state index in [4.69, 9.17) is 24.9 Å². The second kappa shape index (κ2) is 11.4. The van der Waals surface area contributed by atoms with Gasteiger partial charge in [0.25, 0.3) is 0 Å². The van der Waals surface area contributed by atoms with Crippen molar-refractivity contribution in [2.45, 2.75) is 0 Å². The number of hydrogen-bond donors (Lipinski definition) is 0. The maximum absolute atomic E-state index is 5.10. The highest BCUT2D eigenvalue weighted by molar-refractivity contribution is 7.25. The van der Waals surface area contributed by atoms with Crippen LogP contribution in [-0.4, -0.2) is 24.9 Å². The number of nitrogens with zero attached hydrogens (tertiary/aromatic N) is 5. The first-order chi connectivity index (χ1) is 23.3. The quantitative estimate of drug-likeness (QED) is 0.192. The second-order valence-electron chi connectivity index (χ2n) is 11.4. The van der Waals surface area contributed by atoms with Gasteiger partial charge in [0.2, 0.25) is 0 Å². The summed E-state index contributed by atoms with van der Waals surface area (Å²) in [7, 11) is 0. The van der Waals surface area contributed by atoms with E-state index in [1.807, 2.05) is 72.9 Å². The summed E-state index contributed by atoms with van der Waals surface area (Å²) in [5.41, 5.74) is 6.81. The molecule has 0 amide bonds. The van der Waals surface area contributed by atoms with Crippen molar-refractivity contribution in [3.63, 3.8) is 0 Å². The highest BCUT2D eigenvalue weighted by Gasteiger charge is 2.16. The first-order valence-corrected chi connectivity index (χ1v) is 16.2. The van der Waals surface area contributed by atoms with E-state index in [2.05, 4.69) is 78.9 Å². The average molecular weight is 620 g/mol. The number of benzene rings is 5. The van der Waals surface area contributed by atoms with Crippen LogP contribution in [0, 0.1) is 0 Å². The zero-order chi connectivity index (χ0) is 31.2. The summed E-state index contributed by atoms with van der Waals surface area (Å²) in [6.45, 7) is 0. The Bertz CT molecular complexity index is 2520. The lowest BCUT2D eigenvalue weighted by molar-refractivity contribution is 1.07. The van der Waals surface area contributed by atoms with Crippen molar-refractivity contribution in [3.8, 4) is 56.7 Å². The van der Waals surface area contributed by atoms with Crippen LogP contribution in [0.5, 0.6) is 0 Å². The van der Waals surface area contributed by atoms with Crippen molar-refractivity contribution in [2.24, 2.45) is 0 Å². The van der Waals surface area contributed by atoms with E-state index in [9.17, 15) is 0 Å². The summed E-state index contributed by atoms with van der Waals surface area (Å²) in [5, 5.41) is 4.60. The number of hydrogen-bond acceptors (Lipinski definition) is 6. The van der Waals surface area contributed by atoms with Gasteiger partial charge in [-0.3, -0.25) is 4.98 Å². The largest absolute Gasteiger partial charge is 0.254 e. The van der Waals surface area contributed by atoms with Crippen LogP contribution in [0.2, 0.25) is 0 Å². The minimum atomic E-state index is 0.635. The molecule has 9 rings (SSSR count). The molecule has 4 heterocycles. The van der Waals surface area contributed by atoms with E-state index >= 15 is 0 Å². The Hall–Kier alpha value is -6.11. The fraction of sp³-hybridized carbons (Fsp3) is 0. The van der Waals surface area contributed by atoms with Gasteiger partial charge in [-0.15, -0.1) is 11.3 Å². The monoisotopic (exact) mass is 619 g/mol. The zero-order valence-corrected chi connectivity index (χ0v) is 25.9. The smallest absolute Gasteiger partial charge is 0.164 e. The molecule has 0 bridgehead atoms. The summed E-state index contributed by atoms with van der Waals surface area (Å²) in [6, 6.07) is 49.7. The third kappa shape index (κ3) is 5.01. The highest BCUT2D eigenvalue weighted by Crippen LogP contribution is 2.41. The molecule has 0 fully saturated rings. The molecule has 0 unspecified atom stereocenters. The Morgan fingerprint density at radius 2 is 1.04 bits per heavy atom. The van der Waals surface area contributed by atoms with Crippen LogP contribution in [0.3, 0.4) is 0 Å². The predicted molar refractivity (Wildman–Crippen MR) is 193 cm³/mol. The van der Waals surface area contributed by atoms with Gasteiger partial charge >= 0.3 is 0 Å². The van der Waals surface area contributed by atoms with Crippen molar-refractivity contribution in [1.82, 2.24) is 24.9 Å². The first kappa shape index (κ1) is 27.2. The van der Waals surface area contributed by atoms with Gasteiger partial charge in [-0.25, -0.2) is 19.9 Å². The van der Waals surface area contributed by atoms with Crippen molar-refractivity contribution >= 4 is 42.4 Å². The van der Waals surface area contributed by atoms with Gasteiger partial charge in [0.1, 0.15) is 4.83 Å². The molecular weight excluding hydrogens is 595 g/mol. The molecule has 0 aliphatic rings. The SMILES string of the molecule is c1ccc(-c2nc(-c3ccccc3)nc(-c3cccc(-c4cccc5sc6nc(-c7cc8ccccc8cn7)ccc6c45)c3)n2)cc1. The maximum atomic E-state index is 5.10. The fourth-order valence-corrected chi connectivity index (χ4v) is 7.18.